The molecule has 24 heteroatoms. The summed E-state index contributed by atoms with van der Waals surface area (Å²) in [5.74, 6) is 2.76. The van der Waals surface area contributed by atoms with Crippen LogP contribution < -0.4 is 39.0 Å². The molecule has 0 aliphatic carbocycles. The fourth-order valence-corrected chi connectivity index (χ4v) is 6.97. The summed E-state index contributed by atoms with van der Waals surface area (Å²) < 4.78 is 19.6. The molecule has 2 aliphatic rings. The number of carbonyl (C=O) groups excluding carboxylic acids is 2. The van der Waals surface area contributed by atoms with Gasteiger partial charge < -0.3 is 68.1 Å². The standard InChI is InChI=1S/C39H62N16O7.ClH/c1-2-22-60-24-26-62-27-25-61-23-13-42-37-43-38(52-18-14-50(15-19-52)34(56)30-54-28-31(46-48-54)7-3-5-11-40)45-39(44-37)53-20-16-51(17-21-53)36(59)33(8-4-6-12-41)55-29-32(47-49-55)9-10-35(57)58;/h1,28-29,33H,3-27,30,40-41H2,(H,57,58)(H,42,43,44,45);1H/p+1/t33-;/m0./s1. The number of amides is 2. The van der Waals surface area contributed by atoms with Gasteiger partial charge in [-0.2, -0.15) is 15.0 Å². The number of anilines is 3. The maximum Gasteiger partial charge on any atom is 0.303 e. The van der Waals surface area contributed by atoms with Crippen LogP contribution in [0.25, 0.3) is 0 Å². The van der Waals surface area contributed by atoms with Crippen molar-refractivity contribution in [1.29, 1.82) is 0 Å². The molecule has 8 N–H and O–H groups in total. The highest BCUT2D eigenvalue weighted by molar-refractivity contribution is 5.80. The first-order valence-corrected chi connectivity index (χ1v) is 21.6. The van der Waals surface area contributed by atoms with Crippen LogP contribution in [0.1, 0.15) is 56.0 Å². The lowest BCUT2D eigenvalue weighted by Crippen LogP contribution is -3.00. The van der Waals surface area contributed by atoms with Crippen molar-refractivity contribution in [1.82, 2.24) is 54.7 Å². The Bertz CT molecular complexity index is 1860. The largest absolute Gasteiger partial charge is 1.00 e. The molecule has 5 heterocycles. The van der Waals surface area contributed by atoms with Crippen molar-refractivity contribution in [2.24, 2.45) is 0 Å². The number of quaternary nitrogens is 2. The molecule has 0 unspecified atom stereocenters. The molecule has 5 rings (SSSR count). The van der Waals surface area contributed by atoms with E-state index in [1.807, 2.05) is 20.9 Å². The molecule has 2 amide bonds. The summed E-state index contributed by atoms with van der Waals surface area (Å²) in [5.41, 5.74) is 9.23. The van der Waals surface area contributed by atoms with Gasteiger partial charge in [0.1, 0.15) is 19.2 Å². The van der Waals surface area contributed by atoms with Gasteiger partial charge in [-0.1, -0.05) is 16.3 Å². The van der Waals surface area contributed by atoms with Gasteiger partial charge in [0.15, 0.2) is 0 Å². The topological polar surface area (TPSA) is 279 Å². The van der Waals surface area contributed by atoms with Crippen LogP contribution >= 0.6 is 0 Å². The summed E-state index contributed by atoms with van der Waals surface area (Å²) in [6, 6.07) is -0.562. The van der Waals surface area contributed by atoms with Crippen LogP contribution in [-0.4, -0.2) is 189 Å². The Balaban J connectivity index is 0.00000871. The van der Waals surface area contributed by atoms with Gasteiger partial charge in [-0.25, -0.2) is 9.36 Å². The number of ether oxygens (including phenoxy) is 3. The molecule has 0 aromatic carbocycles. The molecule has 23 nitrogen and oxygen atoms in total. The molecule has 0 spiro atoms. The van der Waals surface area contributed by atoms with Gasteiger partial charge in [-0.05, 0) is 38.5 Å². The van der Waals surface area contributed by atoms with E-state index in [-0.39, 0.29) is 50.2 Å². The Morgan fingerprint density at radius 1 is 0.762 bits per heavy atom. The van der Waals surface area contributed by atoms with E-state index in [1.54, 1.807) is 15.6 Å². The van der Waals surface area contributed by atoms with E-state index in [4.69, 9.17) is 40.7 Å². The van der Waals surface area contributed by atoms with Crippen LogP contribution in [-0.2, 0) is 48.0 Å². The number of terminal acetylenes is 1. The zero-order chi connectivity index (χ0) is 43.9. The minimum Gasteiger partial charge on any atom is -1.00 e. The van der Waals surface area contributed by atoms with E-state index in [0.717, 1.165) is 50.9 Å². The lowest BCUT2D eigenvalue weighted by atomic mass is 10.1. The normalized spacial score (nSPS) is 14.6. The Labute approximate surface area is 374 Å². The van der Waals surface area contributed by atoms with Crippen molar-refractivity contribution >= 4 is 35.6 Å². The number of carboxylic acids is 1. The molecule has 1 atom stereocenters. The quantitative estimate of drug-likeness (QED) is 0.0391. The summed E-state index contributed by atoms with van der Waals surface area (Å²) in [6.45, 7) is 8.40. The summed E-state index contributed by atoms with van der Waals surface area (Å²) in [6.07, 6.45) is 13.9. The number of hydrogen-bond donors (Lipinski definition) is 4. The number of rotatable bonds is 28. The van der Waals surface area contributed by atoms with E-state index < -0.39 is 12.0 Å². The maximum atomic E-state index is 14.0. The molecular weight excluding hydrogens is 840 g/mol. The van der Waals surface area contributed by atoms with Crippen molar-refractivity contribution in [2.75, 3.05) is 127 Å². The van der Waals surface area contributed by atoms with Crippen molar-refractivity contribution in [3.63, 3.8) is 0 Å². The molecule has 3 aromatic heterocycles. The molecular formula is C39H64ClN16O7+. The van der Waals surface area contributed by atoms with Gasteiger partial charge in [0.05, 0.1) is 63.9 Å². The number of nitrogens with one attached hydrogen (secondary N) is 1. The third kappa shape index (κ3) is 16.8. The molecule has 2 saturated heterocycles. The second kappa shape index (κ2) is 27.7. The second-order valence-electron chi connectivity index (χ2n) is 15.0. The lowest BCUT2D eigenvalue weighted by Gasteiger charge is -2.37. The summed E-state index contributed by atoms with van der Waals surface area (Å²) in [7, 11) is 0. The number of carboxylic acid groups (broad SMARTS) is 1. The zero-order valence-corrected chi connectivity index (χ0v) is 37.0. The number of piperazine rings is 2. The molecule has 0 radical (unpaired) electrons. The van der Waals surface area contributed by atoms with Gasteiger partial charge in [0.2, 0.25) is 29.7 Å². The smallest absolute Gasteiger partial charge is 0.303 e. The fourth-order valence-electron chi connectivity index (χ4n) is 6.97. The Morgan fingerprint density at radius 3 is 2.02 bits per heavy atom. The summed E-state index contributed by atoms with van der Waals surface area (Å²) in [4.78, 5) is 60.6. The number of hydrogen-bond acceptors (Lipinski definition) is 16. The molecule has 63 heavy (non-hydrogen) atoms. The monoisotopic (exact) mass is 903 g/mol. The van der Waals surface area contributed by atoms with Gasteiger partial charge in [-0.3, -0.25) is 14.4 Å². The van der Waals surface area contributed by atoms with Gasteiger partial charge >= 0.3 is 5.97 Å². The first-order valence-electron chi connectivity index (χ1n) is 21.6. The van der Waals surface area contributed by atoms with E-state index in [9.17, 15) is 14.4 Å². The first kappa shape index (κ1) is 50.4. The van der Waals surface area contributed by atoms with Crippen LogP contribution in [0.2, 0.25) is 0 Å². The first-order chi connectivity index (χ1) is 30.3. The van der Waals surface area contributed by atoms with E-state index in [1.165, 1.54) is 0 Å². The third-order valence-corrected chi connectivity index (χ3v) is 10.4. The maximum absolute atomic E-state index is 14.0. The van der Waals surface area contributed by atoms with Crippen LogP contribution in [0, 0.1) is 12.3 Å². The number of carbonyl (C=O) groups is 3. The molecule has 348 valence electrons. The highest BCUT2D eigenvalue weighted by atomic mass is 35.5. The third-order valence-electron chi connectivity index (χ3n) is 10.4. The highest BCUT2D eigenvalue weighted by Crippen LogP contribution is 2.23. The number of aryl methyl sites for hydroxylation is 2. The van der Waals surface area contributed by atoms with Gasteiger partial charge in [-0.15, -0.1) is 16.6 Å². The van der Waals surface area contributed by atoms with E-state index in [2.05, 4.69) is 48.2 Å². The molecule has 3 aromatic rings. The highest BCUT2D eigenvalue weighted by Gasteiger charge is 2.31. The number of aromatic nitrogens is 9. The predicted molar refractivity (Wildman–Crippen MR) is 225 cm³/mol. The van der Waals surface area contributed by atoms with Crippen molar-refractivity contribution in [2.45, 2.75) is 64.0 Å². The Morgan fingerprint density at radius 2 is 1.37 bits per heavy atom. The number of aliphatic carboxylic acids is 1. The SMILES string of the molecule is C#CCOCCOCCOCCNc1nc(N2CCN(C(=O)Cn3cc(CCCC[NH3+])nn3)CC2)nc(N2CCN(C(=O)[C@H](CCCC[NH3+])n3cc(CCC(=O)O)nn3)CC2)n1.[Cl-]. The summed E-state index contributed by atoms with van der Waals surface area (Å²) in [5, 5.41) is 29.2. The number of unbranched alkanes of at least 4 members (excludes halogenated alkanes) is 2. The second-order valence-corrected chi connectivity index (χ2v) is 15.0. The van der Waals surface area contributed by atoms with Gasteiger partial charge in [0, 0.05) is 77.7 Å². The van der Waals surface area contributed by atoms with Gasteiger partial charge in [0.25, 0.3) is 0 Å². The van der Waals surface area contributed by atoms with Crippen molar-refractivity contribution in [3.8, 4) is 12.3 Å². The number of nitrogens with zero attached hydrogens (tertiary/aromatic N) is 13. The average Bonchev–Trinajstić information content (AvgIpc) is 3.96. The molecule has 2 fully saturated rings. The molecule has 0 saturated carbocycles. The molecule has 0 bridgehead atoms. The molecule has 2 aliphatic heterocycles. The Kier molecular flexibility index (Phi) is 22.2. The minimum absolute atomic E-state index is 0. The van der Waals surface area contributed by atoms with Crippen LogP contribution in [0.4, 0.5) is 17.8 Å². The number of halogens is 1. The average molecular weight is 904 g/mol. The predicted octanol–water partition coefficient (Wildman–Crippen LogP) is -5.61. The van der Waals surface area contributed by atoms with Crippen LogP contribution in [0.3, 0.4) is 0 Å². The van der Waals surface area contributed by atoms with Crippen molar-refractivity contribution < 1.29 is 57.6 Å². The van der Waals surface area contributed by atoms with E-state index in [0.29, 0.717) is 122 Å². The van der Waals surface area contributed by atoms with Crippen LogP contribution in [0.15, 0.2) is 12.4 Å². The summed E-state index contributed by atoms with van der Waals surface area (Å²) >= 11 is 0. The van der Waals surface area contributed by atoms with Crippen LogP contribution in [0.5, 0.6) is 0 Å². The van der Waals surface area contributed by atoms with Crippen molar-refractivity contribution in [3.05, 3.63) is 23.8 Å². The van der Waals surface area contributed by atoms with E-state index >= 15 is 0 Å². The zero-order valence-electron chi connectivity index (χ0n) is 36.2. The Hall–Kier alpha value is -5.25. The minimum atomic E-state index is -0.918. The lowest BCUT2D eigenvalue weighted by molar-refractivity contribution is -0.368. The fraction of sp³-hybridized carbons (Fsp3) is 0.692.